The molecular weight excluding hydrogens is 272 g/mol. The zero-order valence-electron chi connectivity index (χ0n) is 12.7. The van der Waals surface area contributed by atoms with Crippen molar-refractivity contribution in [2.24, 2.45) is 0 Å². The van der Waals surface area contributed by atoms with Gasteiger partial charge >= 0.3 is 0 Å². The number of ether oxygens (including phenoxy) is 1. The van der Waals surface area contributed by atoms with E-state index in [1.165, 1.54) is 6.92 Å². The van der Waals surface area contributed by atoms with E-state index in [1.54, 1.807) is 4.90 Å². The SMILES string of the molecule is CC(=O)CCC(=O)N1CCCN(C(=O)C2CCCO2)CC1. The van der Waals surface area contributed by atoms with Crippen LogP contribution in [0.1, 0.15) is 39.0 Å². The molecule has 2 fully saturated rings. The summed E-state index contributed by atoms with van der Waals surface area (Å²) in [5.74, 6) is 0.107. The summed E-state index contributed by atoms with van der Waals surface area (Å²) >= 11 is 0. The van der Waals surface area contributed by atoms with Crippen molar-refractivity contribution >= 4 is 17.6 Å². The quantitative estimate of drug-likeness (QED) is 0.762. The van der Waals surface area contributed by atoms with Crippen LogP contribution >= 0.6 is 0 Å². The number of rotatable bonds is 4. The summed E-state index contributed by atoms with van der Waals surface area (Å²) in [4.78, 5) is 38.9. The van der Waals surface area contributed by atoms with Gasteiger partial charge in [0.1, 0.15) is 11.9 Å². The first-order valence-electron chi connectivity index (χ1n) is 7.75. The smallest absolute Gasteiger partial charge is 0.251 e. The first-order chi connectivity index (χ1) is 10.1. The minimum atomic E-state index is -0.287. The molecule has 0 aliphatic carbocycles. The first-order valence-corrected chi connectivity index (χ1v) is 7.75. The lowest BCUT2D eigenvalue weighted by atomic mass is 10.2. The van der Waals surface area contributed by atoms with Crippen molar-refractivity contribution in [1.82, 2.24) is 9.80 Å². The van der Waals surface area contributed by atoms with Crippen molar-refractivity contribution in [3.63, 3.8) is 0 Å². The number of nitrogens with zero attached hydrogens (tertiary/aromatic N) is 2. The van der Waals surface area contributed by atoms with E-state index in [0.717, 1.165) is 19.3 Å². The molecule has 2 aliphatic rings. The number of hydrogen-bond acceptors (Lipinski definition) is 4. The van der Waals surface area contributed by atoms with Crippen molar-refractivity contribution in [1.29, 1.82) is 0 Å². The van der Waals surface area contributed by atoms with Gasteiger partial charge < -0.3 is 19.3 Å². The van der Waals surface area contributed by atoms with E-state index in [-0.39, 0.29) is 30.1 Å². The van der Waals surface area contributed by atoms with Gasteiger partial charge in [0.05, 0.1) is 0 Å². The summed E-state index contributed by atoms with van der Waals surface area (Å²) < 4.78 is 5.44. The third-order valence-electron chi connectivity index (χ3n) is 4.06. The number of carbonyl (C=O) groups excluding carboxylic acids is 3. The Kier molecular flexibility index (Phi) is 5.73. The molecule has 118 valence electrons. The summed E-state index contributed by atoms with van der Waals surface area (Å²) in [5, 5.41) is 0. The molecule has 0 saturated carbocycles. The lowest BCUT2D eigenvalue weighted by Crippen LogP contribution is -2.41. The van der Waals surface area contributed by atoms with Gasteiger partial charge in [-0.15, -0.1) is 0 Å². The van der Waals surface area contributed by atoms with Crippen LogP contribution in [0.2, 0.25) is 0 Å². The van der Waals surface area contributed by atoms with Gasteiger partial charge in [-0.05, 0) is 26.2 Å². The second-order valence-corrected chi connectivity index (χ2v) is 5.76. The Bertz CT molecular complexity index is 404. The predicted octanol–water partition coefficient (Wildman–Crippen LogP) is 0.595. The number of Topliss-reactive ketones (excluding diaryl/α,β-unsaturated/α-hetero) is 1. The highest BCUT2D eigenvalue weighted by molar-refractivity contribution is 5.84. The Morgan fingerprint density at radius 3 is 2.38 bits per heavy atom. The van der Waals surface area contributed by atoms with Crippen molar-refractivity contribution in [2.75, 3.05) is 32.8 Å². The van der Waals surface area contributed by atoms with E-state index in [2.05, 4.69) is 0 Å². The molecule has 2 saturated heterocycles. The molecular formula is C15H24N2O4. The zero-order chi connectivity index (χ0) is 15.2. The fourth-order valence-corrected chi connectivity index (χ4v) is 2.80. The van der Waals surface area contributed by atoms with Crippen LogP contribution in [-0.2, 0) is 19.1 Å². The van der Waals surface area contributed by atoms with Crippen LogP contribution in [0.25, 0.3) is 0 Å². The van der Waals surface area contributed by atoms with Gasteiger partial charge in [0.25, 0.3) is 5.91 Å². The predicted molar refractivity (Wildman–Crippen MR) is 76.7 cm³/mol. The van der Waals surface area contributed by atoms with Crippen LogP contribution in [0.15, 0.2) is 0 Å². The highest BCUT2D eigenvalue weighted by atomic mass is 16.5. The normalized spacial score (nSPS) is 23.0. The fraction of sp³-hybridized carbons (Fsp3) is 0.800. The summed E-state index contributed by atoms with van der Waals surface area (Å²) in [6.45, 7) is 4.61. The largest absolute Gasteiger partial charge is 0.368 e. The van der Waals surface area contributed by atoms with Crippen molar-refractivity contribution in [3.8, 4) is 0 Å². The van der Waals surface area contributed by atoms with Gasteiger partial charge in [-0.3, -0.25) is 9.59 Å². The highest BCUT2D eigenvalue weighted by Gasteiger charge is 2.29. The Morgan fingerprint density at radius 1 is 1.00 bits per heavy atom. The van der Waals surface area contributed by atoms with Crippen LogP contribution in [0.3, 0.4) is 0 Å². The molecule has 2 rings (SSSR count). The third-order valence-corrected chi connectivity index (χ3v) is 4.06. The average molecular weight is 296 g/mol. The topological polar surface area (TPSA) is 66.9 Å². The van der Waals surface area contributed by atoms with Gasteiger partial charge in [0.2, 0.25) is 5.91 Å². The molecule has 0 N–H and O–H groups in total. The molecule has 0 aromatic carbocycles. The monoisotopic (exact) mass is 296 g/mol. The van der Waals surface area contributed by atoms with Crippen molar-refractivity contribution in [2.45, 2.75) is 45.1 Å². The molecule has 1 atom stereocenters. The molecule has 1 unspecified atom stereocenters. The molecule has 2 aliphatic heterocycles. The number of ketones is 1. The summed E-state index contributed by atoms with van der Waals surface area (Å²) in [7, 11) is 0. The maximum Gasteiger partial charge on any atom is 0.251 e. The molecule has 0 bridgehead atoms. The van der Waals surface area contributed by atoms with Gasteiger partial charge in [-0.25, -0.2) is 0 Å². The molecule has 0 aromatic rings. The van der Waals surface area contributed by atoms with E-state index in [9.17, 15) is 14.4 Å². The van der Waals surface area contributed by atoms with Crippen LogP contribution in [-0.4, -0.2) is 66.3 Å². The Labute approximate surface area is 125 Å². The van der Waals surface area contributed by atoms with Gasteiger partial charge in [0.15, 0.2) is 0 Å². The van der Waals surface area contributed by atoms with Gasteiger partial charge in [0, 0.05) is 45.6 Å². The molecule has 0 aromatic heterocycles. The molecule has 2 amide bonds. The summed E-state index contributed by atoms with van der Waals surface area (Å²) in [6.07, 6.45) is 2.81. The van der Waals surface area contributed by atoms with Crippen LogP contribution in [0, 0.1) is 0 Å². The molecule has 2 heterocycles. The van der Waals surface area contributed by atoms with Crippen molar-refractivity contribution in [3.05, 3.63) is 0 Å². The fourth-order valence-electron chi connectivity index (χ4n) is 2.80. The third kappa shape index (κ3) is 4.52. The van der Waals surface area contributed by atoms with E-state index >= 15 is 0 Å². The van der Waals surface area contributed by atoms with Crippen LogP contribution in [0.5, 0.6) is 0 Å². The van der Waals surface area contributed by atoms with Gasteiger partial charge in [-0.1, -0.05) is 0 Å². The van der Waals surface area contributed by atoms with E-state index in [1.807, 2.05) is 4.90 Å². The van der Waals surface area contributed by atoms with E-state index in [0.29, 0.717) is 39.2 Å². The molecule has 21 heavy (non-hydrogen) atoms. The van der Waals surface area contributed by atoms with Gasteiger partial charge in [-0.2, -0.15) is 0 Å². The molecule has 6 heteroatoms. The highest BCUT2D eigenvalue weighted by Crippen LogP contribution is 2.16. The Balaban J connectivity index is 1.82. The Hall–Kier alpha value is -1.43. The number of carbonyl (C=O) groups is 3. The lowest BCUT2D eigenvalue weighted by Gasteiger charge is -2.24. The van der Waals surface area contributed by atoms with Crippen LogP contribution in [0.4, 0.5) is 0 Å². The second kappa shape index (κ2) is 7.54. The zero-order valence-corrected chi connectivity index (χ0v) is 12.7. The number of amides is 2. The minimum absolute atomic E-state index is 0.0108. The maximum atomic E-state index is 12.3. The molecule has 6 nitrogen and oxygen atoms in total. The minimum Gasteiger partial charge on any atom is -0.368 e. The average Bonchev–Trinajstić information content (AvgIpc) is 2.88. The van der Waals surface area contributed by atoms with E-state index < -0.39 is 0 Å². The van der Waals surface area contributed by atoms with Crippen LogP contribution < -0.4 is 0 Å². The standard InChI is InChI=1S/C15H24N2O4/c1-12(18)5-6-14(19)16-7-3-8-17(10-9-16)15(20)13-4-2-11-21-13/h13H,2-11H2,1H3. The summed E-state index contributed by atoms with van der Waals surface area (Å²) in [6, 6.07) is 0. The number of hydrogen-bond donors (Lipinski definition) is 0. The first kappa shape index (κ1) is 15.9. The van der Waals surface area contributed by atoms with Crippen molar-refractivity contribution < 1.29 is 19.1 Å². The maximum absolute atomic E-state index is 12.3. The second-order valence-electron chi connectivity index (χ2n) is 5.76. The Morgan fingerprint density at radius 2 is 1.71 bits per heavy atom. The van der Waals surface area contributed by atoms with E-state index in [4.69, 9.17) is 4.74 Å². The molecule has 0 spiro atoms. The summed E-state index contributed by atoms with van der Waals surface area (Å²) in [5.41, 5.74) is 0. The lowest BCUT2D eigenvalue weighted by molar-refractivity contribution is -0.141. The molecule has 0 radical (unpaired) electrons.